The summed E-state index contributed by atoms with van der Waals surface area (Å²) in [7, 11) is 0. The molecule has 1 heterocycles. The number of benzene rings is 1. The molecule has 1 aliphatic carbocycles. The molecule has 1 aromatic carbocycles. The fourth-order valence-corrected chi connectivity index (χ4v) is 3.30. The molecule has 1 fully saturated rings. The predicted octanol–water partition coefficient (Wildman–Crippen LogP) is 4.66. The summed E-state index contributed by atoms with van der Waals surface area (Å²) in [6, 6.07) is 9.25. The summed E-state index contributed by atoms with van der Waals surface area (Å²) in [5.41, 5.74) is 2.43. The number of thiazole rings is 1. The number of hydrogen-bond acceptors (Lipinski definition) is 3. The van der Waals surface area contributed by atoms with E-state index in [1.807, 2.05) is 11.6 Å². The SMILES string of the molecule is CC(C)C1CC(Nc2cccc(-c3nccs3)c2)C1. The highest BCUT2D eigenvalue weighted by Crippen LogP contribution is 2.36. The summed E-state index contributed by atoms with van der Waals surface area (Å²) >= 11 is 1.69. The van der Waals surface area contributed by atoms with Crippen molar-refractivity contribution in [3.63, 3.8) is 0 Å². The van der Waals surface area contributed by atoms with Gasteiger partial charge in [0.2, 0.25) is 0 Å². The Morgan fingerprint density at radius 2 is 2.16 bits per heavy atom. The first-order valence-corrected chi connectivity index (χ1v) is 7.87. The van der Waals surface area contributed by atoms with Gasteiger partial charge >= 0.3 is 0 Å². The van der Waals surface area contributed by atoms with E-state index in [9.17, 15) is 0 Å². The molecule has 3 rings (SSSR count). The van der Waals surface area contributed by atoms with Crippen LogP contribution in [0.2, 0.25) is 0 Å². The number of rotatable bonds is 4. The van der Waals surface area contributed by atoms with E-state index in [4.69, 9.17) is 0 Å². The van der Waals surface area contributed by atoms with E-state index in [1.165, 1.54) is 24.1 Å². The fourth-order valence-electron chi connectivity index (χ4n) is 2.67. The van der Waals surface area contributed by atoms with Gasteiger partial charge in [-0.25, -0.2) is 4.98 Å². The maximum Gasteiger partial charge on any atom is 0.123 e. The Kier molecular flexibility index (Phi) is 3.56. The van der Waals surface area contributed by atoms with Crippen LogP contribution in [0.5, 0.6) is 0 Å². The molecule has 1 N–H and O–H groups in total. The molecule has 1 aromatic heterocycles. The molecule has 0 amide bonds. The molecule has 0 saturated heterocycles. The zero-order valence-electron chi connectivity index (χ0n) is 11.5. The van der Waals surface area contributed by atoms with Crippen LogP contribution in [0.3, 0.4) is 0 Å². The number of anilines is 1. The molecule has 1 aliphatic rings. The lowest BCUT2D eigenvalue weighted by Gasteiger charge is -2.39. The molecule has 3 heteroatoms. The molecule has 0 radical (unpaired) electrons. The minimum Gasteiger partial charge on any atom is -0.382 e. The zero-order valence-corrected chi connectivity index (χ0v) is 12.3. The average Bonchev–Trinajstić information content (AvgIpc) is 2.87. The third-order valence-corrected chi connectivity index (χ3v) is 4.85. The Balaban J connectivity index is 1.65. The molecule has 0 unspecified atom stereocenters. The molecule has 1 saturated carbocycles. The van der Waals surface area contributed by atoms with Gasteiger partial charge in [0.1, 0.15) is 5.01 Å². The van der Waals surface area contributed by atoms with Gasteiger partial charge in [0.25, 0.3) is 0 Å². The average molecular weight is 272 g/mol. The van der Waals surface area contributed by atoms with E-state index in [1.54, 1.807) is 11.3 Å². The summed E-state index contributed by atoms with van der Waals surface area (Å²) in [5, 5.41) is 6.76. The summed E-state index contributed by atoms with van der Waals surface area (Å²) in [6.45, 7) is 4.65. The van der Waals surface area contributed by atoms with Crippen molar-refractivity contribution in [2.75, 3.05) is 5.32 Å². The van der Waals surface area contributed by atoms with Crippen LogP contribution >= 0.6 is 11.3 Å². The van der Waals surface area contributed by atoms with Crippen LogP contribution in [-0.2, 0) is 0 Å². The molecule has 19 heavy (non-hydrogen) atoms. The van der Waals surface area contributed by atoms with E-state index in [-0.39, 0.29) is 0 Å². The Bertz CT molecular complexity index is 527. The second-order valence-corrected chi connectivity index (χ2v) is 6.63. The van der Waals surface area contributed by atoms with E-state index >= 15 is 0 Å². The molecule has 0 atom stereocenters. The number of aromatic nitrogens is 1. The second-order valence-electron chi connectivity index (χ2n) is 5.73. The number of nitrogens with one attached hydrogen (secondary N) is 1. The Morgan fingerprint density at radius 1 is 1.32 bits per heavy atom. The second kappa shape index (κ2) is 5.33. The van der Waals surface area contributed by atoms with Gasteiger partial charge in [-0.15, -0.1) is 11.3 Å². The highest BCUT2D eigenvalue weighted by atomic mass is 32.1. The molecule has 2 nitrogen and oxygen atoms in total. The van der Waals surface area contributed by atoms with Gasteiger partial charge in [0, 0.05) is 28.9 Å². The first-order chi connectivity index (χ1) is 9.22. The highest BCUT2D eigenvalue weighted by Gasteiger charge is 2.30. The molecule has 0 aliphatic heterocycles. The molecule has 0 bridgehead atoms. The van der Waals surface area contributed by atoms with Crippen LogP contribution < -0.4 is 5.32 Å². The van der Waals surface area contributed by atoms with E-state index in [2.05, 4.69) is 48.4 Å². The maximum absolute atomic E-state index is 4.37. The highest BCUT2D eigenvalue weighted by molar-refractivity contribution is 7.13. The summed E-state index contributed by atoms with van der Waals surface area (Å²) in [6.07, 6.45) is 4.47. The van der Waals surface area contributed by atoms with Gasteiger partial charge in [0.15, 0.2) is 0 Å². The Hall–Kier alpha value is -1.35. The van der Waals surface area contributed by atoms with Crippen molar-refractivity contribution in [3.8, 4) is 10.6 Å². The van der Waals surface area contributed by atoms with Gasteiger partial charge < -0.3 is 5.32 Å². The summed E-state index contributed by atoms with van der Waals surface area (Å²) in [5.74, 6) is 1.72. The van der Waals surface area contributed by atoms with Crippen molar-refractivity contribution in [1.82, 2.24) is 4.98 Å². The third-order valence-electron chi connectivity index (χ3n) is 4.03. The lowest BCUT2D eigenvalue weighted by molar-refractivity contribution is 0.212. The Labute approximate surface area is 118 Å². The lowest BCUT2D eigenvalue weighted by Crippen LogP contribution is -2.37. The molecule has 100 valence electrons. The molecule has 2 aromatic rings. The van der Waals surface area contributed by atoms with Crippen LogP contribution in [0.1, 0.15) is 26.7 Å². The first kappa shape index (κ1) is 12.7. The molecule has 0 spiro atoms. The molecular weight excluding hydrogens is 252 g/mol. The largest absolute Gasteiger partial charge is 0.382 e. The maximum atomic E-state index is 4.37. The van der Waals surface area contributed by atoms with Gasteiger partial charge in [-0.2, -0.15) is 0 Å². The van der Waals surface area contributed by atoms with Crippen molar-refractivity contribution in [2.45, 2.75) is 32.7 Å². The van der Waals surface area contributed by atoms with Crippen LogP contribution in [0, 0.1) is 11.8 Å². The van der Waals surface area contributed by atoms with E-state index in [0.717, 1.165) is 16.8 Å². The van der Waals surface area contributed by atoms with Crippen molar-refractivity contribution < 1.29 is 0 Å². The minimum atomic E-state index is 0.652. The summed E-state index contributed by atoms with van der Waals surface area (Å²) < 4.78 is 0. The van der Waals surface area contributed by atoms with Gasteiger partial charge in [-0.3, -0.25) is 0 Å². The van der Waals surface area contributed by atoms with Crippen molar-refractivity contribution in [1.29, 1.82) is 0 Å². The topological polar surface area (TPSA) is 24.9 Å². The normalized spacial score (nSPS) is 22.3. The lowest BCUT2D eigenvalue weighted by atomic mass is 9.73. The zero-order chi connectivity index (χ0) is 13.2. The predicted molar refractivity (Wildman–Crippen MR) is 82.5 cm³/mol. The van der Waals surface area contributed by atoms with E-state index in [0.29, 0.717) is 6.04 Å². The monoisotopic (exact) mass is 272 g/mol. The van der Waals surface area contributed by atoms with Crippen LogP contribution in [0.15, 0.2) is 35.8 Å². The number of nitrogens with zero attached hydrogens (tertiary/aromatic N) is 1. The minimum absolute atomic E-state index is 0.652. The smallest absolute Gasteiger partial charge is 0.123 e. The van der Waals surface area contributed by atoms with Crippen LogP contribution in [-0.4, -0.2) is 11.0 Å². The van der Waals surface area contributed by atoms with Crippen molar-refractivity contribution in [3.05, 3.63) is 35.8 Å². The van der Waals surface area contributed by atoms with Gasteiger partial charge in [0.05, 0.1) is 0 Å². The summed E-state index contributed by atoms with van der Waals surface area (Å²) in [4.78, 5) is 4.37. The fraction of sp³-hybridized carbons (Fsp3) is 0.438. The van der Waals surface area contributed by atoms with Gasteiger partial charge in [-0.05, 0) is 36.8 Å². The van der Waals surface area contributed by atoms with E-state index < -0.39 is 0 Å². The quantitative estimate of drug-likeness (QED) is 0.875. The third kappa shape index (κ3) is 2.81. The standard InChI is InChI=1S/C16H20N2S/c1-11(2)13-9-15(10-13)18-14-5-3-4-12(8-14)16-17-6-7-19-16/h3-8,11,13,15,18H,9-10H2,1-2H3. The Morgan fingerprint density at radius 3 is 2.84 bits per heavy atom. The van der Waals surface area contributed by atoms with Crippen molar-refractivity contribution in [2.24, 2.45) is 11.8 Å². The van der Waals surface area contributed by atoms with Crippen LogP contribution in [0.25, 0.3) is 10.6 Å². The molecular formula is C16H20N2S. The van der Waals surface area contributed by atoms with Crippen molar-refractivity contribution >= 4 is 17.0 Å². The van der Waals surface area contributed by atoms with Crippen LogP contribution in [0.4, 0.5) is 5.69 Å². The van der Waals surface area contributed by atoms with Gasteiger partial charge in [-0.1, -0.05) is 26.0 Å². The number of hydrogen-bond donors (Lipinski definition) is 1. The first-order valence-electron chi connectivity index (χ1n) is 6.99.